The van der Waals surface area contributed by atoms with Crippen LogP contribution in [0.1, 0.15) is 24.0 Å². The minimum absolute atomic E-state index is 0.329. The van der Waals surface area contributed by atoms with Gasteiger partial charge in [-0.25, -0.2) is 4.39 Å². The highest BCUT2D eigenvalue weighted by atomic mass is 19.1. The van der Waals surface area contributed by atoms with Crippen molar-refractivity contribution in [1.29, 1.82) is 5.26 Å². The fourth-order valence-electron chi connectivity index (χ4n) is 3.64. The molecule has 1 N–H and O–H groups in total. The summed E-state index contributed by atoms with van der Waals surface area (Å²) >= 11 is 0. The number of rotatable bonds is 6. The minimum Gasteiger partial charge on any atom is -0.380 e. The second-order valence-corrected chi connectivity index (χ2v) is 7.55. The number of nitrogens with zero attached hydrogens (tertiary/aromatic N) is 3. The summed E-state index contributed by atoms with van der Waals surface area (Å²) in [5, 5.41) is 12.4. The molecule has 1 aliphatic heterocycles. The van der Waals surface area contributed by atoms with E-state index in [2.05, 4.69) is 39.4 Å². The van der Waals surface area contributed by atoms with Crippen molar-refractivity contribution in [3.05, 3.63) is 59.4 Å². The number of anilines is 2. The van der Waals surface area contributed by atoms with E-state index < -0.39 is 5.82 Å². The monoisotopic (exact) mass is 364 g/mol. The van der Waals surface area contributed by atoms with E-state index in [1.54, 1.807) is 6.07 Å². The first kappa shape index (κ1) is 17.8. The van der Waals surface area contributed by atoms with Crippen LogP contribution in [0.5, 0.6) is 0 Å². The highest BCUT2D eigenvalue weighted by molar-refractivity contribution is 5.58. The Morgan fingerprint density at radius 2 is 1.78 bits per heavy atom. The van der Waals surface area contributed by atoms with E-state index >= 15 is 0 Å². The van der Waals surface area contributed by atoms with Gasteiger partial charge in [0.1, 0.15) is 11.9 Å². The zero-order chi connectivity index (χ0) is 18.6. The molecule has 4 nitrogen and oxygen atoms in total. The average molecular weight is 364 g/mol. The molecule has 0 amide bonds. The van der Waals surface area contributed by atoms with Crippen molar-refractivity contribution >= 4 is 11.4 Å². The molecular weight excluding hydrogens is 339 g/mol. The maximum atomic E-state index is 13.2. The van der Waals surface area contributed by atoms with Gasteiger partial charge in [0.05, 0.1) is 11.3 Å². The molecule has 2 fully saturated rings. The van der Waals surface area contributed by atoms with E-state index in [9.17, 15) is 4.39 Å². The predicted molar refractivity (Wildman–Crippen MR) is 106 cm³/mol. The smallest absolute Gasteiger partial charge is 0.124 e. The third kappa shape index (κ3) is 4.58. The third-order valence-corrected chi connectivity index (χ3v) is 5.47. The Morgan fingerprint density at radius 3 is 2.44 bits per heavy atom. The van der Waals surface area contributed by atoms with Gasteiger partial charge in [-0.1, -0.05) is 12.1 Å². The van der Waals surface area contributed by atoms with Gasteiger partial charge in [-0.15, -0.1) is 0 Å². The molecule has 140 valence electrons. The van der Waals surface area contributed by atoms with E-state index in [1.165, 1.54) is 37.2 Å². The van der Waals surface area contributed by atoms with Crippen LogP contribution in [0.25, 0.3) is 0 Å². The molecule has 0 radical (unpaired) electrons. The summed E-state index contributed by atoms with van der Waals surface area (Å²) in [6.45, 7) is 6.38. The lowest BCUT2D eigenvalue weighted by molar-refractivity contribution is 0.248. The third-order valence-electron chi connectivity index (χ3n) is 5.47. The molecular formula is C22H25FN4. The standard InChI is InChI=1S/C22H25FN4/c23-20-5-8-22(19(13-20)14-24)25-15-17-3-6-21(7-4-17)27-11-9-26(10-12-27)16-18-1-2-18/h3-8,13,18,25H,1-2,9-12,15-16H2. The molecule has 0 aromatic heterocycles. The number of hydrogen-bond donors (Lipinski definition) is 1. The van der Waals surface area contributed by atoms with Gasteiger partial charge in [-0.2, -0.15) is 5.26 Å². The number of halogens is 1. The molecule has 4 rings (SSSR count). The Hall–Kier alpha value is -2.58. The molecule has 1 heterocycles. The van der Waals surface area contributed by atoms with Gasteiger partial charge in [0.15, 0.2) is 0 Å². The quantitative estimate of drug-likeness (QED) is 0.846. The van der Waals surface area contributed by atoms with E-state index in [0.717, 1.165) is 37.7 Å². The van der Waals surface area contributed by atoms with Gasteiger partial charge in [-0.05, 0) is 54.7 Å². The topological polar surface area (TPSA) is 42.3 Å². The van der Waals surface area contributed by atoms with Crippen LogP contribution < -0.4 is 10.2 Å². The summed E-state index contributed by atoms with van der Waals surface area (Å²) in [5.74, 6) is 0.574. The van der Waals surface area contributed by atoms with Crippen LogP contribution in [-0.2, 0) is 6.54 Å². The van der Waals surface area contributed by atoms with Crippen LogP contribution >= 0.6 is 0 Å². The Kier molecular flexibility index (Phi) is 5.26. The molecule has 2 aromatic carbocycles. The molecule has 0 bridgehead atoms. The van der Waals surface area contributed by atoms with Crippen LogP contribution in [-0.4, -0.2) is 37.6 Å². The second-order valence-electron chi connectivity index (χ2n) is 7.55. The second kappa shape index (κ2) is 7.98. The van der Waals surface area contributed by atoms with Crippen LogP contribution in [0.4, 0.5) is 15.8 Å². The first-order chi connectivity index (χ1) is 13.2. The molecule has 1 saturated heterocycles. The Morgan fingerprint density at radius 1 is 1.04 bits per heavy atom. The van der Waals surface area contributed by atoms with Crippen molar-refractivity contribution in [2.45, 2.75) is 19.4 Å². The van der Waals surface area contributed by atoms with Crippen molar-refractivity contribution in [2.24, 2.45) is 5.92 Å². The lowest BCUT2D eigenvalue weighted by Gasteiger charge is -2.36. The first-order valence-corrected chi connectivity index (χ1v) is 9.71. The first-order valence-electron chi connectivity index (χ1n) is 9.71. The Bertz CT molecular complexity index is 815. The number of nitriles is 1. The lowest BCUT2D eigenvalue weighted by atomic mass is 10.1. The summed E-state index contributed by atoms with van der Waals surface area (Å²) in [7, 11) is 0. The lowest BCUT2D eigenvalue weighted by Crippen LogP contribution is -2.47. The Labute approximate surface area is 160 Å². The van der Waals surface area contributed by atoms with Crippen molar-refractivity contribution in [1.82, 2.24) is 4.90 Å². The van der Waals surface area contributed by atoms with E-state index in [4.69, 9.17) is 5.26 Å². The highest BCUT2D eigenvalue weighted by Crippen LogP contribution is 2.30. The van der Waals surface area contributed by atoms with Crippen molar-refractivity contribution < 1.29 is 4.39 Å². The van der Waals surface area contributed by atoms with Crippen LogP contribution in [0.15, 0.2) is 42.5 Å². The fourth-order valence-corrected chi connectivity index (χ4v) is 3.64. The normalized spacial score (nSPS) is 17.6. The SMILES string of the molecule is N#Cc1cc(F)ccc1NCc1ccc(N2CCN(CC3CC3)CC2)cc1. The average Bonchev–Trinajstić information content (AvgIpc) is 3.52. The van der Waals surface area contributed by atoms with Gasteiger partial charge in [0.25, 0.3) is 0 Å². The molecule has 5 heteroatoms. The summed E-state index contributed by atoms with van der Waals surface area (Å²) in [5.41, 5.74) is 3.40. The number of nitrogens with one attached hydrogen (secondary N) is 1. The van der Waals surface area contributed by atoms with Gasteiger partial charge >= 0.3 is 0 Å². The zero-order valence-electron chi connectivity index (χ0n) is 15.5. The van der Waals surface area contributed by atoms with E-state index in [1.807, 2.05) is 6.07 Å². The molecule has 1 saturated carbocycles. The van der Waals surface area contributed by atoms with Crippen LogP contribution in [0.3, 0.4) is 0 Å². The van der Waals surface area contributed by atoms with Crippen molar-refractivity contribution in [3.8, 4) is 6.07 Å². The molecule has 0 unspecified atom stereocenters. The van der Waals surface area contributed by atoms with E-state index in [-0.39, 0.29) is 0 Å². The number of piperazine rings is 1. The summed E-state index contributed by atoms with van der Waals surface area (Å²) in [6, 6.07) is 14.9. The number of benzene rings is 2. The maximum Gasteiger partial charge on any atom is 0.124 e. The van der Waals surface area contributed by atoms with Gasteiger partial charge in [0.2, 0.25) is 0 Å². The molecule has 2 aliphatic rings. The van der Waals surface area contributed by atoms with Gasteiger partial charge in [0, 0.05) is 45.0 Å². The Balaban J connectivity index is 1.31. The van der Waals surface area contributed by atoms with Crippen molar-refractivity contribution in [3.63, 3.8) is 0 Å². The van der Waals surface area contributed by atoms with Crippen molar-refractivity contribution in [2.75, 3.05) is 42.9 Å². The van der Waals surface area contributed by atoms with E-state index in [0.29, 0.717) is 17.8 Å². The molecule has 1 aliphatic carbocycles. The molecule has 0 spiro atoms. The maximum absolute atomic E-state index is 13.2. The summed E-state index contributed by atoms with van der Waals surface area (Å²) in [6.07, 6.45) is 2.84. The molecule has 2 aromatic rings. The molecule has 27 heavy (non-hydrogen) atoms. The zero-order valence-corrected chi connectivity index (χ0v) is 15.5. The largest absolute Gasteiger partial charge is 0.380 e. The highest BCUT2D eigenvalue weighted by Gasteiger charge is 2.26. The summed E-state index contributed by atoms with van der Waals surface area (Å²) < 4.78 is 13.2. The van der Waals surface area contributed by atoms with Gasteiger partial charge in [-0.3, -0.25) is 4.90 Å². The van der Waals surface area contributed by atoms with Crippen LogP contribution in [0.2, 0.25) is 0 Å². The van der Waals surface area contributed by atoms with Gasteiger partial charge < -0.3 is 10.2 Å². The minimum atomic E-state index is -0.390. The summed E-state index contributed by atoms with van der Waals surface area (Å²) in [4.78, 5) is 5.05. The fraction of sp³-hybridized carbons (Fsp3) is 0.409. The molecule has 0 atom stereocenters. The number of hydrogen-bond acceptors (Lipinski definition) is 4. The predicted octanol–water partition coefficient (Wildman–Crippen LogP) is 3.84. The van der Waals surface area contributed by atoms with Crippen LogP contribution in [0, 0.1) is 23.1 Å².